The maximum Gasteiger partial charge on any atom is 0.238 e. The Bertz CT molecular complexity index is 452. The molecule has 0 unspecified atom stereocenters. The molecule has 3 nitrogen and oxygen atoms in total. The normalized spacial score (nSPS) is 9.62. The van der Waals surface area contributed by atoms with Gasteiger partial charge in [-0.15, -0.1) is 0 Å². The third-order valence-corrected chi connectivity index (χ3v) is 3.10. The molecule has 0 saturated carbocycles. The van der Waals surface area contributed by atoms with E-state index >= 15 is 0 Å². The summed E-state index contributed by atoms with van der Waals surface area (Å²) in [5.41, 5.74) is 1.76. The van der Waals surface area contributed by atoms with E-state index in [2.05, 4.69) is 37.2 Å². The first-order valence-electron chi connectivity index (χ1n) is 4.73. The van der Waals surface area contributed by atoms with Crippen molar-refractivity contribution in [3.05, 3.63) is 26.6 Å². The zero-order valence-electron chi connectivity index (χ0n) is 8.68. The third kappa shape index (κ3) is 3.32. The van der Waals surface area contributed by atoms with Crippen LogP contribution >= 0.6 is 31.9 Å². The molecule has 5 heteroatoms. The number of carbonyl (C=O) groups excluding carboxylic acids is 1. The first-order chi connectivity index (χ1) is 7.58. The van der Waals surface area contributed by atoms with Crippen molar-refractivity contribution < 1.29 is 4.79 Å². The number of anilines is 1. The van der Waals surface area contributed by atoms with Gasteiger partial charge in [0.15, 0.2) is 0 Å². The van der Waals surface area contributed by atoms with Crippen molar-refractivity contribution in [1.82, 2.24) is 0 Å². The predicted molar refractivity (Wildman–Crippen MR) is 70.1 cm³/mol. The highest BCUT2D eigenvalue weighted by Gasteiger charge is 2.10. The second-order valence-corrected chi connectivity index (χ2v) is 4.93. The number of carbonyl (C=O) groups is 1. The van der Waals surface area contributed by atoms with Gasteiger partial charge in [-0.3, -0.25) is 4.79 Å². The average molecular weight is 346 g/mol. The number of hydrogen-bond donors (Lipinski definition) is 1. The van der Waals surface area contributed by atoms with Gasteiger partial charge in [-0.05, 0) is 40.0 Å². The number of nitriles is 1. The lowest BCUT2D eigenvalue weighted by atomic mass is 10.1. The second-order valence-electron chi connectivity index (χ2n) is 3.16. The van der Waals surface area contributed by atoms with Gasteiger partial charge in [-0.2, -0.15) is 5.26 Å². The van der Waals surface area contributed by atoms with Gasteiger partial charge in [0.2, 0.25) is 5.91 Å². The Kier molecular flexibility index (Phi) is 4.97. The predicted octanol–water partition coefficient (Wildman–Crippen LogP) is 3.63. The van der Waals surface area contributed by atoms with Crippen LogP contribution in [-0.4, -0.2) is 5.91 Å². The highest BCUT2D eigenvalue weighted by Crippen LogP contribution is 2.31. The van der Waals surface area contributed by atoms with Gasteiger partial charge in [0.1, 0.15) is 6.42 Å². The van der Waals surface area contributed by atoms with Crippen LogP contribution in [0.25, 0.3) is 0 Å². The Morgan fingerprint density at radius 3 is 2.75 bits per heavy atom. The molecule has 16 heavy (non-hydrogen) atoms. The molecule has 84 valence electrons. The molecule has 0 aliphatic rings. The Hall–Kier alpha value is -0.860. The number of halogens is 2. The van der Waals surface area contributed by atoms with Crippen molar-refractivity contribution in [2.45, 2.75) is 19.8 Å². The van der Waals surface area contributed by atoms with Crippen molar-refractivity contribution >= 4 is 43.5 Å². The molecule has 0 aromatic heterocycles. The quantitative estimate of drug-likeness (QED) is 0.909. The summed E-state index contributed by atoms with van der Waals surface area (Å²) in [7, 11) is 0. The molecule has 0 spiro atoms. The number of nitrogens with zero attached hydrogens (tertiary/aromatic N) is 1. The second kappa shape index (κ2) is 6.02. The van der Waals surface area contributed by atoms with Crippen LogP contribution in [-0.2, 0) is 11.2 Å². The molecule has 1 aromatic carbocycles. The average Bonchev–Trinajstić information content (AvgIpc) is 2.22. The molecule has 0 aliphatic heterocycles. The maximum absolute atomic E-state index is 11.4. The van der Waals surface area contributed by atoms with Gasteiger partial charge in [-0.1, -0.05) is 22.9 Å². The highest BCUT2D eigenvalue weighted by atomic mass is 79.9. The van der Waals surface area contributed by atoms with E-state index in [0.29, 0.717) is 0 Å². The molecular formula is C11H10Br2N2O. The van der Waals surface area contributed by atoms with E-state index in [-0.39, 0.29) is 12.3 Å². The van der Waals surface area contributed by atoms with Crippen LogP contribution in [0.1, 0.15) is 18.9 Å². The number of rotatable bonds is 3. The van der Waals surface area contributed by atoms with Crippen LogP contribution in [0, 0.1) is 11.3 Å². The lowest BCUT2D eigenvalue weighted by Crippen LogP contribution is -2.12. The fourth-order valence-corrected chi connectivity index (χ4v) is 2.71. The standard InChI is InChI=1S/C11H10Br2N2O/c1-2-7-5-8(12)6-9(13)11(7)15-10(16)3-4-14/h5-6H,2-3H2,1H3,(H,15,16). The van der Waals surface area contributed by atoms with Gasteiger partial charge in [0, 0.05) is 8.95 Å². The molecule has 0 atom stereocenters. The fraction of sp³-hybridized carbons (Fsp3) is 0.273. The van der Waals surface area contributed by atoms with Crippen molar-refractivity contribution in [2.75, 3.05) is 5.32 Å². The van der Waals surface area contributed by atoms with Gasteiger partial charge in [0.25, 0.3) is 0 Å². The zero-order chi connectivity index (χ0) is 12.1. The van der Waals surface area contributed by atoms with E-state index in [1.54, 1.807) is 0 Å². The van der Waals surface area contributed by atoms with Crippen molar-refractivity contribution in [3.8, 4) is 6.07 Å². The molecular weight excluding hydrogens is 336 g/mol. The van der Waals surface area contributed by atoms with Gasteiger partial charge in [0.05, 0.1) is 11.8 Å². The minimum atomic E-state index is -0.291. The molecule has 0 saturated heterocycles. The molecule has 0 bridgehead atoms. The summed E-state index contributed by atoms with van der Waals surface area (Å²) in [6.07, 6.45) is 0.672. The van der Waals surface area contributed by atoms with Gasteiger partial charge < -0.3 is 5.32 Å². The van der Waals surface area contributed by atoms with Crippen LogP contribution in [0.5, 0.6) is 0 Å². The number of nitrogens with one attached hydrogen (secondary N) is 1. The molecule has 1 N–H and O–H groups in total. The number of hydrogen-bond acceptors (Lipinski definition) is 2. The molecule has 0 heterocycles. The van der Waals surface area contributed by atoms with E-state index in [1.807, 2.05) is 25.1 Å². The Labute approximate surface area is 111 Å². The topological polar surface area (TPSA) is 52.9 Å². The zero-order valence-corrected chi connectivity index (χ0v) is 11.9. The molecule has 0 fully saturated rings. The van der Waals surface area contributed by atoms with E-state index in [0.717, 1.165) is 26.6 Å². The fourth-order valence-electron chi connectivity index (χ4n) is 1.30. The first-order valence-corrected chi connectivity index (χ1v) is 6.31. The SMILES string of the molecule is CCc1cc(Br)cc(Br)c1NC(=O)CC#N. The van der Waals surface area contributed by atoms with Crippen molar-refractivity contribution in [1.29, 1.82) is 5.26 Å². The number of aryl methyl sites for hydroxylation is 1. The Morgan fingerprint density at radius 2 is 2.19 bits per heavy atom. The molecule has 0 radical (unpaired) electrons. The summed E-state index contributed by atoms with van der Waals surface area (Å²) in [5.74, 6) is -0.291. The molecule has 1 aromatic rings. The van der Waals surface area contributed by atoms with Crippen molar-refractivity contribution in [3.63, 3.8) is 0 Å². The monoisotopic (exact) mass is 344 g/mol. The van der Waals surface area contributed by atoms with Crippen LogP contribution < -0.4 is 5.32 Å². The largest absolute Gasteiger partial charge is 0.324 e. The lowest BCUT2D eigenvalue weighted by Gasteiger charge is -2.11. The smallest absolute Gasteiger partial charge is 0.238 e. The van der Waals surface area contributed by atoms with Gasteiger partial charge >= 0.3 is 0 Å². The van der Waals surface area contributed by atoms with Gasteiger partial charge in [-0.25, -0.2) is 0 Å². The van der Waals surface area contributed by atoms with Crippen LogP contribution in [0.4, 0.5) is 5.69 Å². The van der Waals surface area contributed by atoms with E-state index in [9.17, 15) is 4.79 Å². The summed E-state index contributed by atoms with van der Waals surface area (Å²) in [6.45, 7) is 2.01. The minimum Gasteiger partial charge on any atom is -0.324 e. The lowest BCUT2D eigenvalue weighted by molar-refractivity contribution is -0.115. The Balaban J connectivity index is 3.03. The van der Waals surface area contributed by atoms with Crippen molar-refractivity contribution in [2.24, 2.45) is 0 Å². The maximum atomic E-state index is 11.4. The minimum absolute atomic E-state index is 0.133. The first kappa shape index (κ1) is 13.2. The summed E-state index contributed by atoms with van der Waals surface area (Å²) >= 11 is 6.78. The summed E-state index contributed by atoms with van der Waals surface area (Å²) in [6, 6.07) is 5.63. The number of benzene rings is 1. The van der Waals surface area contributed by atoms with E-state index < -0.39 is 0 Å². The molecule has 0 aliphatic carbocycles. The molecule has 1 rings (SSSR count). The highest BCUT2D eigenvalue weighted by molar-refractivity contribution is 9.11. The third-order valence-electron chi connectivity index (χ3n) is 2.02. The molecule has 1 amide bonds. The van der Waals surface area contributed by atoms with E-state index in [4.69, 9.17) is 5.26 Å². The van der Waals surface area contributed by atoms with Crippen LogP contribution in [0.3, 0.4) is 0 Å². The Morgan fingerprint density at radius 1 is 1.50 bits per heavy atom. The van der Waals surface area contributed by atoms with Crippen LogP contribution in [0.15, 0.2) is 21.1 Å². The summed E-state index contributed by atoms with van der Waals surface area (Å²) < 4.78 is 1.76. The number of amides is 1. The van der Waals surface area contributed by atoms with E-state index in [1.165, 1.54) is 0 Å². The summed E-state index contributed by atoms with van der Waals surface area (Å²) in [5, 5.41) is 11.2. The van der Waals surface area contributed by atoms with Crippen LogP contribution in [0.2, 0.25) is 0 Å². The summed E-state index contributed by atoms with van der Waals surface area (Å²) in [4.78, 5) is 11.4.